The summed E-state index contributed by atoms with van der Waals surface area (Å²) in [6, 6.07) is 7.43. The zero-order chi connectivity index (χ0) is 20.6. The Hall–Kier alpha value is -2.74. The Labute approximate surface area is 167 Å². The van der Waals surface area contributed by atoms with E-state index >= 15 is 0 Å². The summed E-state index contributed by atoms with van der Waals surface area (Å²) in [7, 11) is 1.24. The smallest absolute Gasteiger partial charge is 0.338 e. The normalized spacial score (nSPS) is 21.7. The van der Waals surface area contributed by atoms with Crippen LogP contribution in [0, 0.1) is 6.92 Å². The Bertz CT molecular complexity index is 904. The third-order valence-electron chi connectivity index (χ3n) is 4.70. The molecule has 0 saturated carbocycles. The van der Waals surface area contributed by atoms with Crippen LogP contribution in [-0.2, 0) is 23.9 Å². The Morgan fingerprint density at radius 2 is 1.82 bits per heavy atom. The SMILES string of the molecule is CCOC(=O)C1=C2SC(C)C(=O)N2C(N)=C(C(=O)OC)C1c1ccc(C)cc1. The van der Waals surface area contributed by atoms with Crippen LogP contribution in [0.15, 0.2) is 46.3 Å². The molecule has 2 heterocycles. The summed E-state index contributed by atoms with van der Waals surface area (Å²) in [5.41, 5.74) is 8.27. The minimum atomic E-state index is -0.788. The first-order chi connectivity index (χ1) is 13.3. The summed E-state index contributed by atoms with van der Waals surface area (Å²) in [5.74, 6) is -2.37. The summed E-state index contributed by atoms with van der Waals surface area (Å²) >= 11 is 1.24. The van der Waals surface area contributed by atoms with Gasteiger partial charge in [0, 0.05) is 0 Å². The van der Waals surface area contributed by atoms with E-state index in [1.807, 2.05) is 31.2 Å². The molecule has 0 radical (unpaired) electrons. The number of nitrogens with zero attached hydrogens (tertiary/aromatic N) is 1. The number of fused-ring (bicyclic) bond motifs is 1. The molecule has 2 unspecified atom stereocenters. The lowest BCUT2D eigenvalue weighted by molar-refractivity contribution is -0.139. The first-order valence-corrected chi connectivity index (χ1v) is 9.76. The molecular formula is C20H22N2O5S. The van der Waals surface area contributed by atoms with Crippen molar-refractivity contribution in [3.05, 3.63) is 57.4 Å². The molecule has 28 heavy (non-hydrogen) atoms. The summed E-state index contributed by atoms with van der Waals surface area (Å²) < 4.78 is 10.2. The van der Waals surface area contributed by atoms with Gasteiger partial charge in [-0.25, -0.2) is 9.59 Å². The van der Waals surface area contributed by atoms with Crippen molar-refractivity contribution in [3.8, 4) is 0 Å². The van der Waals surface area contributed by atoms with E-state index < -0.39 is 23.1 Å². The molecule has 8 heteroatoms. The van der Waals surface area contributed by atoms with E-state index in [-0.39, 0.29) is 29.5 Å². The minimum Gasteiger partial charge on any atom is -0.466 e. The number of benzene rings is 1. The standard InChI is InChI=1S/C20H22N2O5S/c1-5-27-20(25)15-13(12-8-6-10(2)7-9-12)14(19(24)26-4)16(21)22-17(23)11(3)28-18(15)22/h6-9,11,13H,5,21H2,1-4H3. The highest BCUT2D eigenvalue weighted by Gasteiger charge is 2.48. The number of ether oxygens (including phenoxy) is 2. The number of thioether (sulfide) groups is 1. The Balaban J connectivity index is 2.30. The van der Waals surface area contributed by atoms with Gasteiger partial charge in [0.05, 0.1) is 41.1 Å². The van der Waals surface area contributed by atoms with E-state index in [9.17, 15) is 14.4 Å². The molecular weight excluding hydrogens is 380 g/mol. The van der Waals surface area contributed by atoms with E-state index in [0.717, 1.165) is 5.56 Å². The molecule has 1 aromatic carbocycles. The number of methoxy groups -OCH3 is 1. The van der Waals surface area contributed by atoms with Crippen LogP contribution in [-0.4, -0.2) is 41.7 Å². The van der Waals surface area contributed by atoms with Gasteiger partial charge in [-0.2, -0.15) is 0 Å². The maximum atomic E-state index is 12.9. The second kappa shape index (κ2) is 7.71. The number of hydrogen-bond acceptors (Lipinski definition) is 7. The minimum absolute atomic E-state index is 0.0117. The number of rotatable bonds is 4. The predicted molar refractivity (Wildman–Crippen MR) is 105 cm³/mol. The zero-order valence-electron chi connectivity index (χ0n) is 16.1. The molecule has 0 aromatic heterocycles. The van der Waals surface area contributed by atoms with Gasteiger partial charge in [-0.1, -0.05) is 41.6 Å². The topological polar surface area (TPSA) is 98.9 Å². The lowest BCUT2D eigenvalue weighted by Gasteiger charge is -2.33. The zero-order valence-corrected chi connectivity index (χ0v) is 17.0. The molecule has 1 fully saturated rings. The number of carbonyl (C=O) groups excluding carboxylic acids is 3. The third-order valence-corrected chi connectivity index (χ3v) is 5.88. The van der Waals surface area contributed by atoms with E-state index in [2.05, 4.69) is 0 Å². The van der Waals surface area contributed by atoms with Gasteiger partial charge in [0.25, 0.3) is 0 Å². The van der Waals surface area contributed by atoms with E-state index in [1.54, 1.807) is 13.8 Å². The maximum Gasteiger partial charge on any atom is 0.338 e. The number of aryl methyl sites for hydroxylation is 1. The highest BCUT2D eigenvalue weighted by molar-refractivity contribution is 8.04. The molecule has 2 atom stereocenters. The van der Waals surface area contributed by atoms with Crippen LogP contribution in [0.2, 0.25) is 0 Å². The second-order valence-electron chi connectivity index (χ2n) is 6.51. The molecule has 2 aliphatic heterocycles. The summed E-state index contributed by atoms with van der Waals surface area (Å²) in [4.78, 5) is 39.5. The average molecular weight is 402 g/mol. The highest BCUT2D eigenvalue weighted by atomic mass is 32.2. The van der Waals surface area contributed by atoms with E-state index in [1.165, 1.54) is 23.8 Å². The van der Waals surface area contributed by atoms with Crippen LogP contribution in [0.3, 0.4) is 0 Å². The van der Waals surface area contributed by atoms with Gasteiger partial charge >= 0.3 is 11.9 Å². The summed E-state index contributed by atoms with van der Waals surface area (Å²) in [6.07, 6.45) is 0. The summed E-state index contributed by atoms with van der Waals surface area (Å²) in [5, 5.41) is -0.0275. The molecule has 3 rings (SSSR count). The fourth-order valence-corrected chi connectivity index (χ4v) is 4.50. The van der Waals surface area contributed by atoms with Crippen molar-refractivity contribution in [2.45, 2.75) is 31.9 Å². The molecule has 0 bridgehead atoms. The van der Waals surface area contributed by atoms with E-state index in [4.69, 9.17) is 15.2 Å². The van der Waals surface area contributed by atoms with Crippen LogP contribution < -0.4 is 5.73 Å². The monoisotopic (exact) mass is 402 g/mol. The molecule has 148 valence electrons. The van der Waals surface area contributed by atoms with Crippen LogP contribution in [0.5, 0.6) is 0 Å². The van der Waals surface area contributed by atoms with Crippen molar-refractivity contribution in [2.75, 3.05) is 13.7 Å². The van der Waals surface area contributed by atoms with Crippen LogP contribution in [0.4, 0.5) is 0 Å². The van der Waals surface area contributed by atoms with E-state index in [0.29, 0.717) is 10.6 Å². The van der Waals surface area contributed by atoms with Gasteiger partial charge in [0.15, 0.2) is 0 Å². The Morgan fingerprint density at radius 1 is 1.18 bits per heavy atom. The lowest BCUT2D eigenvalue weighted by Crippen LogP contribution is -2.40. The van der Waals surface area contributed by atoms with Crippen LogP contribution >= 0.6 is 11.8 Å². The van der Waals surface area contributed by atoms with Crippen LogP contribution in [0.25, 0.3) is 0 Å². The number of carbonyl (C=O) groups is 3. The number of amides is 1. The molecule has 2 aliphatic rings. The van der Waals surface area contributed by atoms with Crippen molar-refractivity contribution in [1.82, 2.24) is 4.90 Å². The maximum absolute atomic E-state index is 12.9. The largest absolute Gasteiger partial charge is 0.466 e. The van der Waals surface area contributed by atoms with Crippen molar-refractivity contribution in [2.24, 2.45) is 5.73 Å². The molecule has 1 saturated heterocycles. The Kier molecular flexibility index (Phi) is 5.51. The van der Waals surface area contributed by atoms with Gasteiger partial charge in [0.2, 0.25) is 5.91 Å². The quantitative estimate of drug-likeness (QED) is 0.771. The van der Waals surface area contributed by atoms with Gasteiger partial charge < -0.3 is 15.2 Å². The molecule has 1 aromatic rings. The van der Waals surface area contributed by atoms with Crippen molar-refractivity contribution in [1.29, 1.82) is 0 Å². The highest BCUT2D eigenvalue weighted by Crippen LogP contribution is 2.49. The number of hydrogen-bond donors (Lipinski definition) is 1. The molecule has 0 aliphatic carbocycles. The first-order valence-electron chi connectivity index (χ1n) is 8.88. The molecule has 1 amide bonds. The first kappa shape index (κ1) is 20.0. The fourth-order valence-electron chi connectivity index (χ4n) is 3.34. The lowest BCUT2D eigenvalue weighted by atomic mass is 9.82. The van der Waals surface area contributed by atoms with Gasteiger partial charge in [-0.15, -0.1) is 0 Å². The predicted octanol–water partition coefficient (Wildman–Crippen LogP) is 2.17. The van der Waals surface area contributed by atoms with Gasteiger partial charge in [0.1, 0.15) is 5.82 Å². The number of esters is 2. The number of nitrogens with two attached hydrogens (primary N) is 1. The third kappa shape index (κ3) is 3.17. The van der Waals surface area contributed by atoms with Crippen molar-refractivity contribution in [3.63, 3.8) is 0 Å². The Morgan fingerprint density at radius 3 is 2.39 bits per heavy atom. The van der Waals surface area contributed by atoms with Crippen molar-refractivity contribution < 1.29 is 23.9 Å². The van der Waals surface area contributed by atoms with Gasteiger partial charge in [-0.05, 0) is 26.3 Å². The summed E-state index contributed by atoms with van der Waals surface area (Å²) in [6.45, 7) is 5.53. The van der Waals surface area contributed by atoms with Crippen molar-refractivity contribution >= 4 is 29.6 Å². The van der Waals surface area contributed by atoms with Gasteiger partial charge in [-0.3, -0.25) is 9.69 Å². The molecule has 2 N–H and O–H groups in total. The fraction of sp³-hybridized carbons (Fsp3) is 0.350. The second-order valence-corrected chi connectivity index (χ2v) is 7.84. The molecule has 0 spiro atoms. The van der Waals surface area contributed by atoms with Crippen LogP contribution in [0.1, 0.15) is 30.9 Å². The average Bonchev–Trinajstić information content (AvgIpc) is 2.96. The molecule has 7 nitrogen and oxygen atoms in total.